The van der Waals surface area contributed by atoms with Crippen LogP contribution in [0, 0.1) is 0 Å². The molecule has 0 heterocycles. The first-order chi connectivity index (χ1) is 11.0. The van der Waals surface area contributed by atoms with E-state index in [4.69, 9.17) is 4.74 Å². The zero-order valence-corrected chi connectivity index (χ0v) is 12.6. The van der Waals surface area contributed by atoms with E-state index in [2.05, 4.69) is 4.74 Å². The fourth-order valence-electron chi connectivity index (χ4n) is 1.57. The zero-order chi connectivity index (χ0) is 17.5. The molecule has 0 unspecified atom stereocenters. The molecule has 0 aromatic heterocycles. The van der Waals surface area contributed by atoms with Crippen molar-refractivity contribution in [3.63, 3.8) is 0 Å². The number of hydrogen-bond donors (Lipinski definition) is 0. The third-order valence-electron chi connectivity index (χ3n) is 2.64. The molecule has 128 valence electrons. The van der Waals surface area contributed by atoms with Gasteiger partial charge in [0.05, 0.1) is 32.7 Å². The lowest BCUT2D eigenvalue weighted by atomic mass is 10.3. The first kappa shape index (κ1) is 20.6. The lowest BCUT2D eigenvalue weighted by molar-refractivity contribution is -0.145. The van der Waals surface area contributed by atoms with Gasteiger partial charge in [-0.25, -0.2) is 0 Å². The average Bonchev–Trinajstić information content (AvgIpc) is 2.55. The molecule has 0 amide bonds. The van der Waals surface area contributed by atoms with Crippen LogP contribution >= 0.6 is 0 Å². The maximum absolute atomic E-state index is 11.5. The summed E-state index contributed by atoms with van der Waals surface area (Å²) in [5, 5.41) is 0. The fourth-order valence-corrected chi connectivity index (χ4v) is 1.57. The molecule has 0 spiro atoms. The van der Waals surface area contributed by atoms with Crippen molar-refractivity contribution in [3.05, 3.63) is 0 Å². The number of carbonyl (C=O) groups excluding carboxylic acids is 6. The van der Waals surface area contributed by atoms with Gasteiger partial charge in [-0.1, -0.05) is 0 Å². The summed E-state index contributed by atoms with van der Waals surface area (Å²) in [6.45, 7) is 0.0465. The Bertz CT molecular complexity index is 412. The van der Waals surface area contributed by atoms with Crippen LogP contribution in [0.1, 0.15) is 19.3 Å². The largest absolute Gasteiger partial charge is 0.468 e. The van der Waals surface area contributed by atoms with Crippen LogP contribution in [0.2, 0.25) is 0 Å². The van der Waals surface area contributed by atoms with Crippen LogP contribution < -0.4 is 0 Å². The van der Waals surface area contributed by atoms with E-state index < -0.39 is 17.5 Å². The summed E-state index contributed by atoms with van der Waals surface area (Å²) in [6.07, 6.45) is 1.20. The molecule has 9 heteroatoms. The summed E-state index contributed by atoms with van der Waals surface area (Å²) in [6, 6.07) is 0. The van der Waals surface area contributed by atoms with Crippen LogP contribution in [-0.4, -0.2) is 74.3 Å². The minimum atomic E-state index is -0.757. The van der Waals surface area contributed by atoms with Gasteiger partial charge in [-0.15, -0.1) is 0 Å². The van der Waals surface area contributed by atoms with Crippen molar-refractivity contribution in [2.75, 3.05) is 32.8 Å². The summed E-state index contributed by atoms with van der Waals surface area (Å²) in [4.78, 5) is 65.4. The summed E-state index contributed by atoms with van der Waals surface area (Å²) in [7, 11) is 0. The number of aldehydes is 2. The lowest BCUT2D eigenvalue weighted by Crippen LogP contribution is -2.37. The zero-order valence-electron chi connectivity index (χ0n) is 12.6. The summed E-state index contributed by atoms with van der Waals surface area (Å²) < 4.78 is 9.38. The normalized spacial score (nSPS) is 9.96. The Morgan fingerprint density at radius 3 is 1.96 bits per heavy atom. The number of ether oxygens (including phenoxy) is 2. The SMILES string of the molecule is O=COCCCCOC(=O)CCN(CC(=O)C=O)CC(=O)C=O. The molecule has 0 N–H and O–H groups in total. The van der Waals surface area contributed by atoms with Crippen LogP contribution in [0.25, 0.3) is 0 Å². The summed E-state index contributed by atoms with van der Waals surface area (Å²) in [5.41, 5.74) is 0. The van der Waals surface area contributed by atoms with Crippen molar-refractivity contribution in [3.8, 4) is 0 Å². The monoisotopic (exact) mass is 329 g/mol. The van der Waals surface area contributed by atoms with Crippen LogP contribution in [0.4, 0.5) is 0 Å². The highest BCUT2D eigenvalue weighted by Gasteiger charge is 2.15. The van der Waals surface area contributed by atoms with Crippen molar-refractivity contribution in [1.29, 1.82) is 0 Å². The molecule has 0 saturated heterocycles. The predicted molar refractivity (Wildman–Crippen MR) is 75.4 cm³/mol. The minimum Gasteiger partial charge on any atom is -0.468 e. The molecule has 0 saturated carbocycles. The van der Waals surface area contributed by atoms with Crippen LogP contribution in [0.5, 0.6) is 0 Å². The number of carbonyl (C=O) groups is 6. The second-order valence-corrected chi connectivity index (χ2v) is 4.52. The lowest BCUT2D eigenvalue weighted by Gasteiger charge is -2.18. The highest BCUT2D eigenvalue weighted by atomic mass is 16.5. The van der Waals surface area contributed by atoms with Gasteiger partial charge in [0.15, 0.2) is 12.6 Å². The van der Waals surface area contributed by atoms with Gasteiger partial charge in [0.1, 0.15) is 0 Å². The number of nitrogens with zero attached hydrogens (tertiary/aromatic N) is 1. The van der Waals surface area contributed by atoms with E-state index in [1.54, 1.807) is 0 Å². The second-order valence-electron chi connectivity index (χ2n) is 4.52. The molecule has 0 radical (unpaired) electrons. The Morgan fingerprint density at radius 1 is 0.870 bits per heavy atom. The molecule has 9 nitrogen and oxygen atoms in total. The maximum Gasteiger partial charge on any atom is 0.307 e. The van der Waals surface area contributed by atoms with Gasteiger partial charge in [0.2, 0.25) is 11.6 Å². The van der Waals surface area contributed by atoms with Gasteiger partial charge in [0.25, 0.3) is 6.47 Å². The van der Waals surface area contributed by atoms with Crippen molar-refractivity contribution in [1.82, 2.24) is 4.90 Å². The highest BCUT2D eigenvalue weighted by molar-refractivity contribution is 6.27. The minimum absolute atomic E-state index is 0.00620. The highest BCUT2D eigenvalue weighted by Crippen LogP contribution is 1.97. The first-order valence-corrected chi connectivity index (χ1v) is 6.92. The summed E-state index contributed by atoms with van der Waals surface area (Å²) >= 11 is 0. The van der Waals surface area contributed by atoms with Gasteiger partial charge < -0.3 is 9.47 Å². The van der Waals surface area contributed by atoms with E-state index in [0.29, 0.717) is 19.3 Å². The van der Waals surface area contributed by atoms with Crippen molar-refractivity contribution in [2.45, 2.75) is 19.3 Å². The summed E-state index contributed by atoms with van der Waals surface area (Å²) in [5.74, 6) is -2.05. The molecule has 0 fully saturated rings. The number of rotatable bonds is 15. The molecule has 0 aliphatic rings. The van der Waals surface area contributed by atoms with Gasteiger partial charge in [-0.2, -0.15) is 0 Å². The number of unbranched alkanes of at least 4 members (excludes halogenated alkanes) is 1. The van der Waals surface area contributed by atoms with Crippen molar-refractivity contribution in [2.24, 2.45) is 0 Å². The molecule has 0 aliphatic carbocycles. The van der Waals surface area contributed by atoms with E-state index in [1.165, 1.54) is 4.90 Å². The molecule has 0 atom stereocenters. The third kappa shape index (κ3) is 11.9. The molecule has 0 bridgehead atoms. The van der Waals surface area contributed by atoms with Gasteiger partial charge in [-0.3, -0.25) is 33.7 Å². The topological polar surface area (TPSA) is 124 Å². The maximum atomic E-state index is 11.5. The fraction of sp³-hybridized carbons (Fsp3) is 0.571. The first-order valence-electron chi connectivity index (χ1n) is 6.92. The van der Waals surface area contributed by atoms with Gasteiger partial charge in [0, 0.05) is 6.54 Å². The molecule has 23 heavy (non-hydrogen) atoms. The Hall–Kier alpha value is -2.42. The number of hydrogen-bond acceptors (Lipinski definition) is 9. The molecular weight excluding hydrogens is 310 g/mol. The smallest absolute Gasteiger partial charge is 0.307 e. The Labute approximate surface area is 132 Å². The van der Waals surface area contributed by atoms with Crippen LogP contribution in [-0.2, 0) is 38.2 Å². The third-order valence-corrected chi connectivity index (χ3v) is 2.64. The predicted octanol–water partition coefficient (Wildman–Crippen LogP) is -1.29. The molecule has 0 rings (SSSR count). The van der Waals surface area contributed by atoms with E-state index in [0.717, 1.165) is 0 Å². The average molecular weight is 329 g/mol. The Kier molecular flexibility index (Phi) is 11.9. The van der Waals surface area contributed by atoms with E-state index in [1.807, 2.05) is 0 Å². The van der Waals surface area contributed by atoms with Gasteiger partial charge in [-0.05, 0) is 12.8 Å². The second kappa shape index (κ2) is 13.3. The Balaban J connectivity index is 4.06. The quantitative estimate of drug-likeness (QED) is 0.156. The van der Waals surface area contributed by atoms with Gasteiger partial charge >= 0.3 is 5.97 Å². The van der Waals surface area contributed by atoms with Crippen molar-refractivity contribution < 1.29 is 38.2 Å². The number of esters is 1. The van der Waals surface area contributed by atoms with E-state index in [9.17, 15) is 28.8 Å². The molecular formula is C14H19NO8. The van der Waals surface area contributed by atoms with Crippen LogP contribution in [0.3, 0.4) is 0 Å². The molecule has 0 aliphatic heterocycles. The standard InChI is InChI=1S/C14H19NO8/c16-9-12(19)7-15(8-13(20)10-17)4-3-14(21)23-6-2-1-5-22-11-18/h9-11H,1-8H2. The van der Waals surface area contributed by atoms with E-state index in [-0.39, 0.29) is 51.8 Å². The molecule has 0 aromatic carbocycles. The van der Waals surface area contributed by atoms with E-state index >= 15 is 0 Å². The van der Waals surface area contributed by atoms with Crippen LogP contribution in [0.15, 0.2) is 0 Å². The molecule has 0 aromatic rings. The Morgan fingerprint density at radius 2 is 1.43 bits per heavy atom. The van der Waals surface area contributed by atoms with Crippen molar-refractivity contribution >= 4 is 36.6 Å². The number of ketones is 2. The number of Topliss-reactive ketones (excluding diaryl/α,β-unsaturated/α-hetero) is 2.